The second-order valence-corrected chi connectivity index (χ2v) is 6.16. The van der Waals surface area contributed by atoms with Crippen molar-refractivity contribution in [2.45, 2.75) is 19.4 Å². The van der Waals surface area contributed by atoms with Crippen molar-refractivity contribution in [3.8, 4) is 0 Å². The molecule has 1 aliphatic rings. The molecule has 21 heavy (non-hydrogen) atoms. The van der Waals surface area contributed by atoms with Crippen molar-refractivity contribution in [3.63, 3.8) is 0 Å². The van der Waals surface area contributed by atoms with E-state index in [0.717, 1.165) is 17.3 Å². The normalized spacial score (nSPS) is 18.4. The highest BCUT2D eigenvalue weighted by molar-refractivity contribution is 6.34. The van der Waals surface area contributed by atoms with E-state index in [0.29, 0.717) is 17.5 Å². The summed E-state index contributed by atoms with van der Waals surface area (Å²) < 4.78 is 0. The second kappa shape index (κ2) is 4.84. The Kier molecular flexibility index (Phi) is 3.24. The van der Waals surface area contributed by atoms with Gasteiger partial charge in [-0.2, -0.15) is 0 Å². The quantitative estimate of drug-likeness (QED) is 0.811. The average molecular weight is 305 g/mol. The topological polar surface area (TPSA) is 49.3 Å². The van der Waals surface area contributed by atoms with Gasteiger partial charge >= 0.3 is 0 Å². The molecule has 0 aliphatic carbocycles. The van der Waals surface area contributed by atoms with E-state index in [1.807, 2.05) is 50.1 Å². The van der Waals surface area contributed by atoms with E-state index >= 15 is 0 Å². The van der Waals surface area contributed by atoms with Crippen LogP contribution in [0.1, 0.15) is 13.8 Å². The minimum atomic E-state index is -0.654. The maximum Gasteiger partial charge on any atom is 0.247 e. The smallest absolute Gasteiger partial charge is 0.247 e. The minimum Gasteiger partial charge on any atom is -0.342 e. The third-order valence-electron chi connectivity index (χ3n) is 4.08. The van der Waals surface area contributed by atoms with Crippen molar-refractivity contribution in [1.82, 2.24) is 15.1 Å². The lowest BCUT2D eigenvalue weighted by molar-refractivity contribution is -0.136. The summed E-state index contributed by atoms with van der Waals surface area (Å²) in [7, 11) is 1.83. The fraction of sp³-hybridized carbons (Fsp3) is 0.400. The largest absolute Gasteiger partial charge is 0.342 e. The van der Waals surface area contributed by atoms with Crippen molar-refractivity contribution in [1.29, 1.82) is 0 Å². The van der Waals surface area contributed by atoms with Crippen LogP contribution in [-0.4, -0.2) is 46.7 Å². The summed E-state index contributed by atoms with van der Waals surface area (Å²) in [6.07, 6.45) is 0. The van der Waals surface area contributed by atoms with Gasteiger partial charge in [-0.05, 0) is 13.8 Å². The van der Waals surface area contributed by atoms with E-state index in [4.69, 9.17) is 11.6 Å². The molecule has 2 aromatic rings. The average Bonchev–Trinajstić information content (AvgIpc) is 2.47. The number of fused-ring (bicyclic) bond motifs is 1. The molecule has 1 aromatic carbocycles. The van der Waals surface area contributed by atoms with Crippen molar-refractivity contribution in [2.24, 2.45) is 0 Å². The van der Waals surface area contributed by atoms with E-state index in [1.54, 1.807) is 4.90 Å². The number of anilines is 1. The fourth-order valence-corrected chi connectivity index (χ4v) is 3.04. The standard InChI is InChI=1S/C15H17ClN4O/c1-15(2)14(21)19(3)8-9-20(15)13-11-7-5-4-6-10(11)12(16)17-18-13/h4-7H,8-9H2,1-3H3. The number of hydrogen-bond donors (Lipinski definition) is 0. The lowest BCUT2D eigenvalue weighted by Crippen LogP contribution is -2.62. The lowest BCUT2D eigenvalue weighted by Gasteiger charge is -2.45. The van der Waals surface area contributed by atoms with Gasteiger partial charge in [0.05, 0.1) is 0 Å². The van der Waals surface area contributed by atoms with Crippen LogP contribution in [0.3, 0.4) is 0 Å². The summed E-state index contributed by atoms with van der Waals surface area (Å²) >= 11 is 6.12. The van der Waals surface area contributed by atoms with Crippen LogP contribution in [0.15, 0.2) is 24.3 Å². The lowest BCUT2D eigenvalue weighted by atomic mass is 9.97. The Hall–Kier alpha value is -1.88. The van der Waals surface area contributed by atoms with Crippen LogP contribution in [0, 0.1) is 0 Å². The maximum atomic E-state index is 12.4. The highest BCUT2D eigenvalue weighted by Crippen LogP contribution is 2.33. The van der Waals surface area contributed by atoms with Gasteiger partial charge in [0.25, 0.3) is 0 Å². The number of carbonyl (C=O) groups is 1. The number of rotatable bonds is 1. The summed E-state index contributed by atoms with van der Waals surface area (Å²) in [5.74, 6) is 0.788. The SMILES string of the molecule is CN1CCN(c2nnc(Cl)c3ccccc23)C(C)(C)C1=O. The molecular weight excluding hydrogens is 288 g/mol. The zero-order chi connectivity index (χ0) is 15.2. The molecule has 110 valence electrons. The first kappa shape index (κ1) is 14.1. The van der Waals surface area contributed by atoms with Gasteiger partial charge in [0.15, 0.2) is 11.0 Å². The van der Waals surface area contributed by atoms with Crippen LogP contribution in [0.4, 0.5) is 5.82 Å². The number of likely N-dealkylation sites (N-methyl/N-ethyl adjacent to an activating group) is 1. The van der Waals surface area contributed by atoms with Gasteiger partial charge in [0.1, 0.15) is 5.54 Å². The molecule has 0 radical (unpaired) electrons. The third kappa shape index (κ3) is 2.12. The van der Waals surface area contributed by atoms with Gasteiger partial charge < -0.3 is 9.80 Å². The van der Waals surface area contributed by atoms with Gasteiger partial charge in [-0.1, -0.05) is 35.9 Å². The zero-order valence-corrected chi connectivity index (χ0v) is 13.1. The van der Waals surface area contributed by atoms with E-state index in [-0.39, 0.29) is 5.91 Å². The molecule has 0 bridgehead atoms. The Morgan fingerprint density at radius 1 is 1.14 bits per heavy atom. The van der Waals surface area contributed by atoms with Gasteiger partial charge in [0.2, 0.25) is 5.91 Å². The van der Waals surface area contributed by atoms with Crippen molar-refractivity contribution in [2.75, 3.05) is 25.0 Å². The van der Waals surface area contributed by atoms with Crippen LogP contribution < -0.4 is 4.90 Å². The maximum absolute atomic E-state index is 12.4. The summed E-state index contributed by atoms with van der Waals surface area (Å²) in [6, 6.07) is 7.74. The van der Waals surface area contributed by atoms with Gasteiger partial charge in [-0.25, -0.2) is 0 Å². The number of halogens is 1. The number of amides is 1. The molecule has 5 nitrogen and oxygen atoms in total. The van der Waals surface area contributed by atoms with Crippen LogP contribution >= 0.6 is 11.6 Å². The molecule has 1 aromatic heterocycles. The van der Waals surface area contributed by atoms with Crippen LogP contribution in [-0.2, 0) is 4.79 Å². The third-order valence-corrected chi connectivity index (χ3v) is 4.36. The number of carbonyl (C=O) groups excluding carboxylic acids is 1. The van der Waals surface area contributed by atoms with Gasteiger partial charge in [-0.15, -0.1) is 10.2 Å². The van der Waals surface area contributed by atoms with E-state index < -0.39 is 5.54 Å². The molecule has 0 atom stereocenters. The van der Waals surface area contributed by atoms with Crippen molar-refractivity contribution in [3.05, 3.63) is 29.4 Å². The second-order valence-electron chi connectivity index (χ2n) is 5.80. The summed E-state index contributed by atoms with van der Waals surface area (Å²) in [5.41, 5.74) is -0.654. The molecule has 1 aliphatic heterocycles. The van der Waals surface area contributed by atoms with E-state index in [1.165, 1.54) is 0 Å². The Morgan fingerprint density at radius 3 is 2.52 bits per heavy atom. The van der Waals surface area contributed by atoms with E-state index in [9.17, 15) is 4.79 Å². The first-order chi connectivity index (χ1) is 9.93. The van der Waals surface area contributed by atoms with E-state index in [2.05, 4.69) is 10.2 Å². The number of aromatic nitrogens is 2. The van der Waals surface area contributed by atoms with Crippen LogP contribution in [0.2, 0.25) is 5.15 Å². The monoisotopic (exact) mass is 304 g/mol. The summed E-state index contributed by atoms with van der Waals surface area (Å²) in [4.78, 5) is 16.2. The van der Waals surface area contributed by atoms with Gasteiger partial charge in [-0.3, -0.25) is 4.79 Å². The first-order valence-electron chi connectivity index (χ1n) is 6.87. The molecule has 2 heterocycles. The Morgan fingerprint density at radius 2 is 1.81 bits per heavy atom. The molecule has 6 heteroatoms. The summed E-state index contributed by atoms with van der Waals surface area (Å²) in [6.45, 7) is 5.21. The number of benzene rings is 1. The van der Waals surface area contributed by atoms with Crippen molar-refractivity contribution >= 4 is 34.1 Å². The molecule has 0 unspecified atom stereocenters. The minimum absolute atomic E-state index is 0.0783. The molecule has 3 rings (SSSR count). The zero-order valence-electron chi connectivity index (χ0n) is 12.3. The van der Waals surface area contributed by atoms with Crippen LogP contribution in [0.5, 0.6) is 0 Å². The highest BCUT2D eigenvalue weighted by atomic mass is 35.5. The van der Waals surface area contributed by atoms with Crippen molar-refractivity contribution < 1.29 is 4.79 Å². The highest BCUT2D eigenvalue weighted by Gasteiger charge is 2.41. The van der Waals surface area contributed by atoms with Gasteiger partial charge in [0, 0.05) is 30.9 Å². The molecule has 1 saturated heterocycles. The predicted molar refractivity (Wildman–Crippen MR) is 83.6 cm³/mol. The number of hydrogen-bond acceptors (Lipinski definition) is 4. The summed E-state index contributed by atoms with van der Waals surface area (Å²) in [5, 5.41) is 10.5. The Bertz CT molecular complexity index is 716. The number of piperazine rings is 1. The molecular formula is C15H17ClN4O. The molecule has 1 fully saturated rings. The van der Waals surface area contributed by atoms with Crippen LogP contribution in [0.25, 0.3) is 10.8 Å². The molecule has 0 spiro atoms. The number of nitrogens with zero attached hydrogens (tertiary/aromatic N) is 4. The molecule has 0 saturated carbocycles. The molecule has 1 amide bonds. The first-order valence-corrected chi connectivity index (χ1v) is 7.25. The fourth-order valence-electron chi connectivity index (χ4n) is 2.84. The predicted octanol–water partition coefficient (Wildman–Crippen LogP) is 2.34. The molecule has 0 N–H and O–H groups in total. The Balaban J connectivity index is 2.17. The Labute approximate surface area is 128 Å².